The van der Waals surface area contributed by atoms with Crippen LogP contribution in [0.5, 0.6) is 0 Å². The van der Waals surface area contributed by atoms with Crippen LogP contribution < -0.4 is 11.1 Å². The maximum absolute atomic E-state index is 11.7. The molecular formula is C11H19N3O. The van der Waals surface area contributed by atoms with Crippen molar-refractivity contribution < 1.29 is 4.79 Å². The third-order valence-electron chi connectivity index (χ3n) is 2.92. The molecule has 1 atom stereocenters. The molecule has 1 saturated carbocycles. The molecule has 1 aliphatic rings. The molecule has 0 spiro atoms. The van der Waals surface area contributed by atoms with Gasteiger partial charge in [-0.15, -0.1) is 0 Å². The highest BCUT2D eigenvalue weighted by Gasteiger charge is 2.43. The average Bonchev–Trinajstić information content (AvgIpc) is 3.00. The summed E-state index contributed by atoms with van der Waals surface area (Å²) in [5.41, 5.74) is 5.24. The molecule has 1 fully saturated rings. The minimum Gasteiger partial charge on any atom is -0.355 e. The Kier molecular flexibility index (Phi) is 4.10. The molecule has 4 nitrogen and oxygen atoms in total. The standard InChI is InChI=1S/C11H19N3O/c1-11(13,9-5-6-9)10(15)14-8-4-2-3-7-12/h9H,2-6,8,13H2,1H3,(H,14,15). The Hall–Kier alpha value is -1.08. The van der Waals surface area contributed by atoms with Crippen LogP contribution in [-0.2, 0) is 4.79 Å². The van der Waals surface area contributed by atoms with Gasteiger partial charge in [-0.1, -0.05) is 0 Å². The largest absolute Gasteiger partial charge is 0.355 e. The highest BCUT2D eigenvalue weighted by molar-refractivity contribution is 5.86. The Morgan fingerprint density at radius 3 is 2.80 bits per heavy atom. The van der Waals surface area contributed by atoms with Gasteiger partial charge in [-0.3, -0.25) is 4.79 Å². The third-order valence-corrected chi connectivity index (χ3v) is 2.92. The molecule has 1 amide bonds. The minimum absolute atomic E-state index is 0.0537. The number of hydrogen-bond donors (Lipinski definition) is 2. The van der Waals surface area contributed by atoms with E-state index in [4.69, 9.17) is 11.0 Å². The van der Waals surface area contributed by atoms with Gasteiger partial charge in [-0.2, -0.15) is 5.26 Å². The molecule has 0 saturated heterocycles. The van der Waals surface area contributed by atoms with Crippen LogP contribution in [0.1, 0.15) is 39.0 Å². The summed E-state index contributed by atoms with van der Waals surface area (Å²) in [6, 6.07) is 2.08. The summed E-state index contributed by atoms with van der Waals surface area (Å²) in [7, 11) is 0. The Balaban J connectivity index is 2.15. The molecule has 1 aliphatic carbocycles. The summed E-state index contributed by atoms with van der Waals surface area (Å²) >= 11 is 0. The Morgan fingerprint density at radius 2 is 2.27 bits per heavy atom. The smallest absolute Gasteiger partial charge is 0.240 e. The molecule has 0 aromatic rings. The average molecular weight is 209 g/mol. The fourth-order valence-corrected chi connectivity index (χ4v) is 1.59. The first kappa shape index (κ1) is 12.0. The lowest BCUT2D eigenvalue weighted by Gasteiger charge is -2.23. The van der Waals surface area contributed by atoms with E-state index >= 15 is 0 Å². The van der Waals surface area contributed by atoms with Gasteiger partial charge in [-0.25, -0.2) is 0 Å². The Bertz CT molecular complexity index is 263. The van der Waals surface area contributed by atoms with Gasteiger partial charge >= 0.3 is 0 Å². The van der Waals surface area contributed by atoms with Crippen molar-refractivity contribution in [2.45, 2.75) is 44.6 Å². The number of unbranched alkanes of at least 4 members (excludes halogenated alkanes) is 2. The summed E-state index contributed by atoms with van der Waals surface area (Å²) in [5.74, 6) is 0.304. The predicted molar refractivity (Wildman–Crippen MR) is 57.8 cm³/mol. The molecule has 0 aromatic heterocycles. The van der Waals surface area contributed by atoms with E-state index in [9.17, 15) is 4.79 Å². The van der Waals surface area contributed by atoms with Gasteiger partial charge in [0.2, 0.25) is 5.91 Å². The first-order chi connectivity index (χ1) is 7.09. The van der Waals surface area contributed by atoms with Gasteiger partial charge < -0.3 is 11.1 Å². The maximum Gasteiger partial charge on any atom is 0.240 e. The lowest BCUT2D eigenvalue weighted by molar-refractivity contribution is -0.126. The van der Waals surface area contributed by atoms with E-state index in [2.05, 4.69) is 11.4 Å². The van der Waals surface area contributed by atoms with Crippen molar-refractivity contribution in [2.24, 2.45) is 11.7 Å². The van der Waals surface area contributed by atoms with E-state index in [1.54, 1.807) is 6.92 Å². The first-order valence-electron chi connectivity index (χ1n) is 5.53. The Morgan fingerprint density at radius 1 is 1.60 bits per heavy atom. The number of hydrogen-bond acceptors (Lipinski definition) is 3. The molecule has 0 heterocycles. The quantitative estimate of drug-likeness (QED) is 0.638. The molecular weight excluding hydrogens is 190 g/mol. The van der Waals surface area contributed by atoms with Crippen molar-refractivity contribution in [3.05, 3.63) is 0 Å². The third kappa shape index (κ3) is 3.52. The Labute approximate surface area is 90.8 Å². The molecule has 1 unspecified atom stereocenters. The second kappa shape index (κ2) is 5.13. The SMILES string of the molecule is CC(N)(C(=O)NCCCCC#N)C1CC1. The molecule has 84 valence electrons. The summed E-state index contributed by atoms with van der Waals surface area (Å²) in [6.07, 6.45) is 4.36. The van der Waals surface area contributed by atoms with Crippen LogP contribution in [-0.4, -0.2) is 18.0 Å². The van der Waals surface area contributed by atoms with Crippen LogP contribution in [0.15, 0.2) is 0 Å². The molecule has 15 heavy (non-hydrogen) atoms. The summed E-state index contributed by atoms with van der Waals surface area (Å²) in [6.45, 7) is 2.43. The van der Waals surface area contributed by atoms with Crippen LogP contribution in [0.25, 0.3) is 0 Å². The van der Waals surface area contributed by atoms with E-state index in [1.807, 2.05) is 0 Å². The number of carbonyl (C=O) groups is 1. The maximum atomic E-state index is 11.7. The number of nitrogens with one attached hydrogen (secondary N) is 1. The number of carbonyl (C=O) groups excluding carboxylic acids is 1. The minimum atomic E-state index is -0.699. The predicted octanol–water partition coefficient (Wildman–Crippen LogP) is 0.924. The summed E-state index contributed by atoms with van der Waals surface area (Å²) in [4.78, 5) is 11.7. The fourth-order valence-electron chi connectivity index (χ4n) is 1.59. The molecule has 0 aromatic carbocycles. The zero-order chi connectivity index (χ0) is 11.3. The molecule has 4 heteroatoms. The molecule has 0 radical (unpaired) electrons. The molecule has 1 rings (SSSR count). The highest BCUT2D eigenvalue weighted by Crippen LogP contribution is 2.38. The number of rotatable bonds is 6. The van der Waals surface area contributed by atoms with Crippen LogP contribution >= 0.6 is 0 Å². The molecule has 0 bridgehead atoms. The van der Waals surface area contributed by atoms with Gasteiger partial charge in [0.1, 0.15) is 0 Å². The fraction of sp³-hybridized carbons (Fsp3) is 0.818. The van der Waals surface area contributed by atoms with Gasteiger partial charge in [0.15, 0.2) is 0 Å². The van der Waals surface area contributed by atoms with Crippen molar-refractivity contribution in [1.29, 1.82) is 5.26 Å². The van der Waals surface area contributed by atoms with Crippen molar-refractivity contribution in [3.63, 3.8) is 0 Å². The lowest BCUT2D eigenvalue weighted by Crippen LogP contribution is -2.53. The monoisotopic (exact) mass is 209 g/mol. The topological polar surface area (TPSA) is 78.9 Å². The van der Waals surface area contributed by atoms with Crippen molar-refractivity contribution in [1.82, 2.24) is 5.32 Å². The van der Waals surface area contributed by atoms with Crippen molar-refractivity contribution in [2.75, 3.05) is 6.54 Å². The number of nitrogens with zero attached hydrogens (tertiary/aromatic N) is 1. The second-order valence-corrected chi connectivity index (χ2v) is 4.43. The van der Waals surface area contributed by atoms with E-state index in [0.29, 0.717) is 18.9 Å². The number of nitriles is 1. The van der Waals surface area contributed by atoms with Crippen LogP contribution in [0.4, 0.5) is 0 Å². The second-order valence-electron chi connectivity index (χ2n) is 4.43. The van der Waals surface area contributed by atoms with E-state index in [-0.39, 0.29) is 5.91 Å². The zero-order valence-corrected chi connectivity index (χ0v) is 9.25. The van der Waals surface area contributed by atoms with E-state index < -0.39 is 5.54 Å². The van der Waals surface area contributed by atoms with E-state index in [1.165, 1.54) is 0 Å². The van der Waals surface area contributed by atoms with Gasteiger partial charge in [0.25, 0.3) is 0 Å². The van der Waals surface area contributed by atoms with Gasteiger partial charge in [-0.05, 0) is 38.5 Å². The lowest BCUT2D eigenvalue weighted by atomic mass is 9.96. The normalized spacial score (nSPS) is 19.0. The molecule has 0 aliphatic heterocycles. The molecule has 3 N–H and O–H groups in total. The first-order valence-corrected chi connectivity index (χ1v) is 5.53. The van der Waals surface area contributed by atoms with Crippen LogP contribution in [0, 0.1) is 17.2 Å². The van der Waals surface area contributed by atoms with Gasteiger partial charge in [0.05, 0.1) is 11.6 Å². The summed E-state index contributed by atoms with van der Waals surface area (Å²) < 4.78 is 0. The van der Waals surface area contributed by atoms with Crippen molar-refractivity contribution >= 4 is 5.91 Å². The van der Waals surface area contributed by atoms with Crippen LogP contribution in [0.3, 0.4) is 0 Å². The van der Waals surface area contributed by atoms with Gasteiger partial charge in [0, 0.05) is 13.0 Å². The van der Waals surface area contributed by atoms with Crippen molar-refractivity contribution in [3.8, 4) is 6.07 Å². The van der Waals surface area contributed by atoms with E-state index in [0.717, 1.165) is 25.7 Å². The number of nitrogens with two attached hydrogens (primary N) is 1. The number of amides is 1. The zero-order valence-electron chi connectivity index (χ0n) is 9.25. The highest BCUT2D eigenvalue weighted by atomic mass is 16.2. The van der Waals surface area contributed by atoms with Crippen LogP contribution in [0.2, 0.25) is 0 Å². The summed E-state index contributed by atoms with van der Waals surface area (Å²) in [5, 5.41) is 11.2.